The Morgan fingerprint density at radius 2 is 2.24 bits per heavy atom. The van der Waals surface area contributed by atoms with E-state index in [1.807, 2.05) is 0 Å². The fourth-order valence-corrected chi connectivity index (χ4v) is 2.86. The molecule has 1 aliphatic rings. The van der Waals surface area contributed by atoms with Gasteiger partial charge < -0.3 is 9.47 Å². The van der Waals surface area contributed by atoms with Gasteiger partial charge in [-0.05, 0) is 39.3 Å². The number of carbonyl (C=O) groups is 1. The third-order valence-electron chi connectivity index (χ3n) is 3.76. The molecule has 0 saturated carbocycles. The van der Waals surface area contributed by atoms with Gasteiger partial charge in [0.2, 0.25) is 0 Å². The molecule has 1 fully saturated rings. The van der Waals surface area contributed by atoms with Crippen molar-refractivity contribution in [2.24, 2.45) is 0 Å². The van der Waals surface area contributed by atoms with Crippen LogP contribution >= 0.6 is 11.6 Å². The zero-order valence-corrected chi connectivity index (χ0v) is 15.5. The molecule has 0 unspecified atom stereocenters. The number of carbonyl (C=O) groups excluding carboxylic acids is 1. The second kappa shape index (κ2) is 8.15. The molecule has 3 atom stereocenters. The van der Waals surface area contributed by atoms with Gasteiger partial charge in [-0.2, -0.15) is 0 Å². The van der Waals surface area contributed by atoms with Crippen LogP contribution in [0.25, 0.3) is 0 Å². The molecule has 1 aromatic heterocycles. The van der Waals surface area contributed by atoms with Crippen LogP contribution in [0.3, 0.4) is 0 Å². The lowest BCUT2D eigenvalue weighted by Gasteiger charge is -2.41. The maximum atomic E-state index is 14.4. The molecule has 0 bridgehead atoms. The molecule has 2 rings (SSSR count). The number of alkyl halides is 1. The molecule has 138 valence electrons. The number of nitrogens with zero attached hydrogens (tertiary/aromatic N) is 2. The van der Waals surface area contributed by atoms with Crippen molar-refractivity contribution >= 4 is 17.7 Å². The average molecular weight is 371 g/mol. The first-order chi connectivity index (χ1) is 11.7. The first-order valence-electron chi connectivity index (χ1n) is 8.20. The lowest BCUT2D eigenvalue weighted by molar-refractivity contribution is -0.0819. The van der Waals surface area contributed by atoms with Crippen LogP contribution in [0.15, 0.2) is 30.9 Å². The van der Waals surface area contributed by atoms with Crippen molar-refractivity contribution in [2.45, 2.75) is 57.7 Å². The third-order valence-corrected chi connectivity index (χ3v) is 3.98. The Balaban J connectivity index is 2.09. The van der Waals surface area contributed by atoms with Gasteiger partial charge in [0, 0.05) is 6.54 Å². The van der Waals surface area contributed by atoms with Gasteiger partial charge in [0.05, 0.1) is 18.3 Å². The van der Waals surface area contributed by atoms with Gasteiger partial charge >= 0.3 is 6.09 Å². The van der Waals surface area contributed by atoms with Crippen molar-refractivity contribution in [3.05, 3.63) is 41.7 Å². The van der Waals surface area contributed by atoms with Crippen molar-refractivity contribution in [1.82, 2.24) is 9.88 Å². The molecule has 0 aromatic carbocycles. The number of hydrogen-bond acceptors (Lipinski definition) is 4. The van der Waals surface area contributed by atoms with Crippen molar-refractivity contribution < 1.29 is 18.7 Å². The molecular formula is C18H24ClFN2O3. The lowest BCUT2D eigenvalue weighted by Crippen LogP contribution is -2.56. The summed E-state index contributed by atoms with van der Waals surface area (Å²) in [5, 5.41) is 0.345. The van der Waals surface area contributed by atoms with Gasteiger partial charge in [-0.25, -0.2) is 14.2 Å². The summed E-state index contributed by atoms with van der Waals surface area (Å²) in [6.07, 6.45) is -0.845. The predicted molar refractivity (Wildman–Crippen MR) is 94.3 cm³/mol. The minimum absolute atomic E-state index is 0.0954. The first kappa shape index (κ1) is 19.7. The number of ether oxygens (including phenoxy) is 2. The van der Waals surface area contributed by atoms with Gasteiger partial charge in [0.15, 0.2) is 0 Å². The highest BCUT2D eigenvalue weighted by Crippen LogP contribution is 2.27. The van der Waals surface area contributed by atoms with E-state index in [0.717, 1.165) is 0 Å². The Morgan fingerprint density at radius 1 is 1.52 bits per heavy atom. The Labute approximate surface area is 152 Å². The van der Waals surface area contributed by atoms with E-state index < -0.39 is 30.0 Å². The molecule has 1 amide bonds. The second-order valence-electron chi connectivity index (χ2n) is 6.93. The average Bonchev–Trinajstić information content (AvgIpc) is 2.51. The summed E-state index contributed by atoms with van der Waals surface area (Å²) >= 11 is 5.85. The zero-order chi connectivity index (χ0) is 18.6. The maximum Gasteiger partial charge on any atom is 0.410 e. The highest BCUT2D eigenvalue weighted by molar-refractivity contribution is 6.29. The number of likely N-dealkylation sites (tertiary alicyclic amines) is 1. The Hall–Kier alpha value is -1.66. The number of aromatic nitrogens is 1. The van der Waals surface area contributed by atoms with Crippen LogP contribution in [0.4, 0.5) is 9.18 Å². The summed E-state index contributed by atoms with van der Waals surface area (Å²) in [7, 11) is 0. The molecule has 25 heavy (non-hydrogen) atoms. The van der Waals surface area contributed by atoms with E-state index in [9.17, 15) is 9.18 Å². The van der Waals surface area contributed by atoms with E-state index in [0.29, 0.717) is 10.8 Å². The number of halogens is 2. The summed E-state index contributed by atoms with van der Waals surface area (Å²) in [4.78, 5) is 18.0. The molecule has 5 nitrogen and oxygen atoms in total. The molecule has 0 aliphatic carbocycles. The molecule has 1 aromatic rings. The molecular weight excluding hydrogens is 347 g/mol. The third kappa shape index (κ3) is 5.41. The second-order valence-corrected chi connectivity index (χ2v) is 7.32. The van der Waals surface area contributed by atoms with E-state index in [1.165, 1.54) is 11.0 Å². The van der Waals surface area contributed by atoms with E-state index in [-0.39, 0.29) is 19.6 Å². The minimum Gasteiger partial charge on any atom is -0.444 e. The van der Waals surface area contributed by atoms with E-state index >= 15 is 0 Å². The Morgan fingerprint density at radius 3 is 2.84 bits per heavy atom. The van der Waals surface area contributed by atoms with E-state index in [1.54, 1.807) is 39.0 Å². The topological polar surface area (TPSA) is 51.7 Å². The SMILES string of the molecule is C=C[C@H]1[C@@H](OCc2cccc(Cl)n2)[C@H](F)CCN1C(=O)OC(C)(C)C. The smallest absolute Gasteiger partial charge is 0.410 e. The molecule has 0 radical (unpaired) electrons. The molecule has 1 saturated heterocycles. The van der Waals surface area contributed by atoms with Crippen LogP contribution in [0, 0.1) is 0 Å². The van der Waals surface area contributed by atoms with Crippen LogP contribution in [-0.4, -0.2) is 46.4 Å². The van der Waals surface area contributed by atoms with E-state index in [2.05, 4.69) is 11.6 Å². The quantitative estimate of drug-likeness (QED) is 0.590. The summed E-state index contributed by atoms with van der Waals surface area (Å²) in [5.41, 5.74) is -0.0342. The molecule has 0 N–H and O–H groups in total. The van der Waals surface area contributed by atoms with Gasteiger partial charge in [0.25, 0.3) is 0 Å². The fourth-order valence-electron chi connectivity index (χ4n) is 2.68. The van der Waals surface area contributed by atoms with Crippen molar-refractivity contribution in [1.29, 1.82) is 0 Å². The van der Waals surface area contributed by atoms with Crippen molar-refractivity contribution in [3.63, 3.8) is 0 Å². The molecule has 2 heterocycles. The molecule has 7 heteroatoms. The van der Waals surface area contributed by atoms with Crippen molar-refractivity contribution in [2.75, 3.05) is 6.54 Å². The summed E-state index contributed by atoms with van der Waals surface area (Å²) in [6, 6.07) is 4.54. The van der Waals surface area contributed by atoms with Gasteiger partial charge in [0.1, 0.15) is 23.0 Å². The number of rotatable bonds is 4. The summed E-state index contributed by atoms with van der Waals surface area (Å²) in [5.74, 6) is 0. The van der Waals surface area contributed by atoms with Gasteiger partial charge in [-0.1, -0.05) is 23.7 Å². The predicted octanol–water partition coefficient (Wildman–Crippen LogP) is 4.15. The van der Waals surface area contributed by atoms with Gasteiger partial charge in [-0.15, -0.1) is 6.58 Å². The molecule has 0 spiro atoms. The Kier molecular flexibility index (Phi) is 6.41. The standard InChI is InChI=1S/C18H24ClFN2O3/c1-5-14-16(24-11-12-7-6-8-15(19)21-12)13(20)9-10-22(14)17(23)25-18(2,3)4/h5-8,13-14,16H,1,9-11H2,2-4H3/t13-,14+,16+/m1/s1. The highest BCUT2D eigenvalue weighted by atomic mass is 35.5. The summed E-state index contributed by atoms with van der Waals surface area (Å²) < 4.78 is 25.6. The van der Waals surface area contributed by atoms with Crippen LogP contribution in [0.2, 0.25) is 5.15 Å². The highest BCUT2D eigenvalue weighted by Gasteiger charge is 2.41. The number of hydrogen-bond donors (Lipinski definition) is 0. The van der Waals surface area contributed by atoms with Crippen LogP contribution < -0.4 is 0 Å². The normalized spacial score (nSPS) is 24.0. The maximum absolute atomic E-state index is 14.4. The van der Waals surface area contributed by atoms with Crippen LogP contribution in [0.5, 0.6) is 0 Å². The number of amides is 1. The first-order valence-corrected chi connectivity index (χ1v) is 8.58. The summed E-state index contributed by atoms with van der Waals surface area (Å²) in [6.45, 7) is 9.44. The number of pyridine rings is 1. The van der Waals surface area contributed by atoms with E-state index in [4.69, 9.17) is 21.1 Å². The fraction of sp³-hybridized carbons (Fsp3) is 0.556. The Bertz CT molecular complexity index is 621. The van der Waals surface area contributed by atoms with Crippen LogP contribution in [-0.2, 0) is 16.1 Å². The van der Waals surface area contributed by atoms with Gasteiger partial charge in [-0.3, -0.25) is 4.90 Å². The zero-order valence-electron chi connectivity index (χ0n) is 14.7. The minimum atomic E-state index is -1.21. The monoisotopic (exact) mass is 370 g/mol. The largest absolute Gasteiger partial charge is 0.444 e. The number of piperidine rings is 1. The lowest BCUT2D eigenvalue weighted by atomic mass is 9.97. The molecule has 1 aliphatic heterocycles. The van der Waals surface area contributed by atoms with Crippen LogP contribution in [0.1, 0.15) is 32.9 Å². The van der Waals surface area contributed by atoms with Crippen molar-refractivity contribution in [3.8, 4) is 0 Å².